The van der Waals surface area contributed by atoms with Gasteiger partial charge in [-0.15, -0.1) is 0 Å². The minimum Gasteiger partial charge on any atom is -0.495 e. The van der Waals surface area contributed by atoms with Crippen LogP contribution in [0.15, 0.2) is 12.1 Å². The first-order chi connectivity index (χ1) is 6.60. The first-order valence-electron chi connectivity index (χ1n) is 4.66. The highest BCUT2D eigenvalue weighted by molar-refractivity contribution is 6.32. The van der Waals surface area contributed by atoms with Crippen molar-refractivity contribution in [1.82, 2.24) is 0 Å². The van der Waals surface area contributed by atoms with Crippen LogP contribution >= 0.6 is 11.6 Å². The third-order valence-corrected chi connectivity index (χ3v) is 2.67. The Balaban J connectivity index is 3.25. The monoisotopic (exact) mass is 213 g/mol. The van der Waals surface area contributed by atoms with E-state index in [2.05, 4.69) is 13.8 Å². The molecule has 0 saturated carbocycles. The van der Waals surface area contributed by atoms with E-state index in [0.717, 1.165) is 5.56 Å². The molecule has 14 heavy (non-hydrogen) atoms. The summed E-state index contributed by atoms with van der Waals surface area (Å²) < 4.78 is 5.19. The van der Waals surface area contributed by atoms with Crippen molar-refractivity contribution in [2.75, 3.05) is 7.11 Å². The Bertz CT molecular complexity index is 298. The number of hydrogen-bond acceptors (Lipinski definition) is 2. The zero-order valence-corrected chi connectivity index (χ0v) is 9.56. The molecule has 0 aromatic heterocycles. The lowest BCUT2D eigenvalue weighted by molar-refractivity contribution is 0.413. The molecule has 0 atom stereocenters. The van der Waals surface area contributed by atoms with E-state index in [1.54, 1.807) is 7.11 Å². The maximum absolute atomic E-state index is 6.08. The summed E-state index contributed by atoms with van der Waals surface area (Å²) in [5.74, 6) is 1.16. The molecule has 2 N–H and O–H groups in total. The van der Waals surface area contributed by atoms with Crippen LogP contribution < -0.4 is 10.5 Å². The molecule has 0 fully saturated rings. The average Bonchev–Trinajstić information content (AvgIpc) is 2.17. The largest absolute Gasteiger partial charge is 0.495 e. The zero-order chi connectivity index (χ0) is 10.7. The molecule has 2 nitrogen and oxygen atoms in total. The molecule has 0 aliphatic rings. The minimum atomic E-state index is 0.440. The molecule has 1 aromatic rings. The molecule has 3 heteroatoms. The Morgan fingerprint density at radius 1 is 1.43 bits per heavy atom. The summed E-state index contributed by atoms with van der Waals surface area (Å²) in [5.41, 5.74) is 7.74. The van der Waals surface area contributed by atoms with Crippen molar-refractivity contribution in [3.8, 4) is 5.75 Å². The molecule has 78 valence electrons. The molecule has 0 unspecified atom stereocenters. The molecule has 0 bridgehead atoms. The van der Waals surface area contributed by atoms with Crippen LogP contribution in [0.2, 0.25) is 5.02 Å². The number of methoxy groups -OCH3 is 1. The van der Waals surface area contributed by atoms with E-state index in [0.29, 0.717) is 23.2 Å². The third kappa shape index (κ3) is 2.20. The fraction of sp³-hybridized carbons (Fsp3) is 0.455. The van der Waals surface area contributed by atoms with E-state index >= 15 is 0 Å². The molecule has 0 amide bonds. The number of nitrogens with two attached hydrogens (primary N) is 1. The Morgan fingerprint density at radius 3 is 2.50 bits per heavy atom. The van der Waals surface area contributed by atoms with Gasteiger partial charge in [0.25, 0.3) is 0 Å². The molecule has 0 saturated heterocycles. The van der Waals surface area contributed by atoms with E-state index in [-0.39, 0.29) is 0 Å². The molecule has 0 aliphatic carbocycles. The van der Waals surface area contributed by atoms with Gasteiger partial charge in [-0.3, -0.25) is 0 Å². The zero-order valence-electron chi connectivity index (χ0n) is 8.80. The van der Waals surface area contributed by atoms with Crippen molar-refractivity contribution in [2.45, 2.75) is 26.3 Å². The van der Waals surface area contributed by atoms with Gasteiger partial charge in [-0.2, -0.15) is 0 Å². The van der Waals surface area contributed by atoms with E-state index in [1.807, 2.05) is 12.1 Å². The van der Waals surface area contributed by atoms with Gasteiger partial charge in [-0.25, -0.2) is 0 Å². The number of hydrogen-bond donors (Lipinski definition) is 1. The van der Waals surface area contributed by atoms with Crippen LogP contribution in [-0.4, -0.2) is 7.11 Å². The van der Waals surface area contributed by atoms with E-state index in [1.165, 1.54) is 5.56 Å². The van der Waals surface area contributed by atoms with Gasteiger partial charge in [0.2, 0.25) is 0 Å². The molecule has 0 spiro atoms. The molecular weight excluding hydrogens is 198 g/mol. The standard InChI is InChI=1S/C11H16ClNO/c1-7(2)8-4-9(6-13)11(12)10(5-8)14-3/h4-5,7H,6,13H2,1-3H3. The van der Waals surface area contributed by atoms with Gasteiger partial charge in [-0.05, 0) is 23.1 Å². The van der Waals surface area contributed by atoms with Gasteiger partial charge in [0.1, 0.15) is 5.75 Å². The predicted octanol–water partition coefficient (Wildman–Crippen LogP) is 2.93. The van der Waals surface area contributed by atoms with Gasteiger partial charge >= 0.3 is 0 Å². The fourth-order valence-corrected chi connectivity index (χ4v) is 1.57. The summed E-state index contributed by atoms with van der Waals surface area (Å²) in [6.45, 7) is 4.70. The first-order valence-corrected chi connectivity index (χ1v) is 5.04. The molecular formula is C11H16ClNO. The normalized spacial score (nSPS) is 10.7. The molecule has 1 aromatic carbocycles. The van der Waals surface area contributed by atoms with Crippen LogP contribution in [-0.2, 0) is 6.54 Å². The first kappa shape index (κ1) is 11.3. The van der Waals surface area contributed by atoms with Gasteiger partial charge < -0.3 is 10.5 Å². The van der Waals surface area contributed by atoms with E-state index in [4.69, 9.17) is 22.1 Å². The minimum absolute atomic E-state index is 0.440. The van der Waals surface area contributed by atoms with Gasteiger partial charge in [0, 0.05) is 6.54 Å². The smallest absolute Gasteiger partial charge is 0.138 e. The maximum atomic E-state index is 6.08. The second-order valence-corrected chi connectivity index (χ2v) is 3.93. The second kappa shape index (κ2) is 4.67. The van der Waals surface area contributed by atoms with Crippen molar-refractivity contribution in [3.63, 3.8) is 0 Å². The van der Waals surface area contributed by atoms with Crippen LogP contribution in [0.1, 0.15) is 30.9 Å². The molecule has 0 radical (unpaired) electrons. The van der Waals surface area contributed by atoms with Crippen LogP contribution in [0, 0.1) is 0 Å². The third-order valence-electron chi connectivity index (χ3n) is 2.24. The summed E-state index contributed by atoms with van der Waals surface area (Å²) in [4.78, 5) is 0. The second-order valence-electron chi connectivity index (χ2n) is 3.56. The summed E-state index contributed by atoms with van der Waals surface area (Å²) >= 11 is 6.08. The van der Waals surface area contributed by atoms with Crippen LogP contribution in [0.3, 0.4) is 0 Å². The lowest BCUT2D eigenvalue weighted by atomic mass is 10.0. The van der Waals surface area contributed by atoms with Crippen LogP contribution in [0.5, 0.6) is 5.75 Å². The molecule has 0 aliphatic heterocycles. The van der Waals surface area contributed by atoms with Crippen molar-refractivity contribution in [1.29, 1.82) is 0 Å². The quantitative estimate of drug-likeness (QED) is 0.838. The number of ether oxygens (including phenoxy) is 1. The van der Waals surface area contributed by atoms with Gasteiger partial charge in [0.05, 0.1) is 12.1 Å². The molecule has 0 heterocycles. The molecule has 1 rings (SSSR count). The van der Waals surface area contributed by atoms with Gasteiger partial charge in [0.15, 0.2) is 0 Å². The average molecular weight is 214 g/mol. The maximum Gasteiger partial charge on any atom is 0.138 e. The van der Waals surface area contributed by atoms with E-state index in [9.17, 15) is 0 Å². The topological polar surface area (TPSA) is 35.2 Å². The highest BCUT2D eigenvalue weighted by Crippen LogP contribution is 2.32. The summed E-state index contributed by atoms with van der Waals surface area (Å²) in [7, 11) is 1.62. The summed E-state index contributed by atoms with van der Waals surface area (Å²) in [6, 6.07) is 4.00. The Hall–Kier alpha value is -0.730. The fourth-order valence-electron chi connectivity index (χ4n) is 1.31. The highest BCUT2D eigenvalue weighted by Gasteiger charge is 2.10. The number of benzene rings is 1. The number of rotatable bonds is 3. The summed E-state index contributed by atoms with van der Waals surface area (Å²) in [6.07, 6.45) is 0. The van der Waals surface area contributed by atoms with Gasteiger partial charge in [-0.1, -0.05) is 31.5 Å². The lowest BCUT2D eigenvalue weighted by Crippen LogP contribution is -2.01. The van der Waals surface area contributed by atoms with Crippen molar-refractivity contribution >= 4 is 11.6 Å². The van der Waals surface area contributed by atoms with Crippen molar-refractivity contribution in [2.24, 2.45) is 5.73 Å². The van der Waals surface area contributed by atoms with E-state index < -0.39 is 0 Å². The summed E-state index contributed by atoms with van der Waals surface area (Å²) in [5, 5.41) is 0.624. The highest BCUT2D eigenvalue weighted by atomic mass is 35.5. The van der Waals surface area contributed by atoms with Crippen LogP contribution in [0.25, 0.3) is 0 Å². The lowest BCUT2D eigenvalue weighted by Gasteiger charge is -2.12. The Labute approximate surface area is 90.0 Å². The van der Waals surface area contributed by atoms with Crippen molar-refractivity contribution < 1.29 is 4.74 Å². The predicted molar refractivity (Wildman–Crippen MR) is 60.0 cm³/mol. The number of halogens is 1. The van der Waals surface area contributed by atoms with Crippen molar-refractivity contribution in [3.05, 3.63) is 28.3 Å². The Kier molecular flexibility index (Phi) is 3.78. The van der Waals surface area contributed by atoms with Crippen LogP contribution in [0.4, 0.5) is 0 Å². The Morgan fingerprint density at radius 2 is 2.07 bits per heavy atom. The SMILES string of the molecule is COc1cc(C(C)C)cc(CN)c1Cl.